The van der Waals surface area contributed by atoms with Gasteiger partial charge in [-0.05, 0) is 12.2 Å². The molecule has 0 saturated carbocycles. The number of rotatable bonds is 2. The van der Waals surface area contributed by atoms with Crippen LogP contribution >= 0.6 is 12.2 Å². The molecular formula is C10H14FN3O3S. The van der Waals surface area contributed by atoms with Crippen LogP contribution in [0.5, 0.6) is 0 Å². The lowest BCUT2D eigenvalue weighted by molar-refractivity contribution is -0.0472. The number of hydrogen-bond acceptors (Lipinski definition) is 6. The van der Waals surface area contributed by atoms with Gasteiger partial charge in [-0.2, -0.15) is 4.98 Å². The van der Waals surface area contributed by atoms with Gasteiger partial charge in [0.1, 0.15) is 12.3 Å². The van der Waals surface area contributed by atoms with Gasteiger partial charge in [-0.3, -0.25) is 4.57 Å². The summed E-state index contributed by atoms with van der Waals surface area (Å²) in [5.41, 5.74) is 5.31. The van der Waals surface area contributed by atoms with E-state index in [9.17, 15) is 9.50 Å². The Labute approximate surface area is 108 Å². The van der Waals surface area contributed by atoms with Crippen molar-refractivity contribution in [3.05, 3.63) is 16.8 Å². The first-order valence-corrected chi connectivity index (χ1v) is 5.85. The second-order valence-electron chi connectivity index (χ2n) is 4.26. The largest absolute Gasteiger partial charge is 0.394 e. The molecule has 4 N–H and O–H groups in total. The summed E-state index contributed by atoms with van der Waals surface area (Å²) in [6, 6.07) is 0. The van der Waals surface area contributed by atoms with E-state index in [0.29, 0.717) is 0 Å². The number of halogens is 1. The monoisotopic (exact) mass is 275 g/mol. The summed E-state index contributed by atoms with van der Waals surface area (Å²) >= 11 is 4.98. The number of nitrogen functional groups attached to an aromatic ring is 1. The van der Waals surface area contributed by atoms with E-state index in [4.69, 9.17) is 27.8 Å². The van der Waals surface area contributed by atoms with Crippen molar-refractivity contribution in [1.29, 1.82) is 0 Å². The number of aliphatic hydroxyl groups is 2. The summed E-state index contributed by atoms with van der Waals surface area (Å²) in [6.45, 7) is 1.40. The molecule has 1 aliphatic rings. The molecule has 1 fully saturated rings. The number of aliphatic hydroxyl groups excluding tert-OH is 2. The second kappa shape index (κ2) is 4.88. The maximum atomic E-state index is 13.4. The molecular weight excluding hydrogens is 261 g/mol. The van der Waals surface area contributed by atoms with Crippen LogP contribution in [0.4, 0.5) is 10.2 Å². The standard InChI is InChI=1S/C10H14FN3O3S/c1-4-7(16)6(3-15)17-9(4)14-2-5(11)8(12)13-10(14)18/h2,4,6-7,9,15-16H,3H2,1H3,(H2,12,13,18)/t4?,6-,7-,9-/m1/s1. The molecule has 1 unspecified atom stereocenters. The van der Waals surface area contributed by atoms with Gasteiger partial charge in [-0.1, -0.05) is 6.92 Å². The van der Waals surface area contributed by atoms with Crippen LogP contribution in [-0.2, 0) is 4.74 Å². The van der Waals surface area contributed by atoms with Crippen molar-refractivity contribution in [2.45, 2.75) is 25.4 Å². The van der Waals surface area contributed by atoms with E-state index in [1.807, 2.05) is 0 Å². The zero-order valence-electron chi connectivity index (χ0n) is 9.65. The van der Waals surface area contributed by atoms with Gasteiger partial charge in [-0.25, -0.2) is 4.39 Å². The molecule has 1 saturated heterocycles. The van der Waals surface area contributed by atoms with Gasteiger partial charge < -0.3 is 20.7 Å². The summed E-state index contributed by atoms with van der Waals surface area (Å²) in [5, 5.41) is 18.9. The highest BCUT2D eigenvalue weighted by Crippen LogP contribution is 2.34. The van der Waals surface area contributed by atoms with Crippen molar-refractivity contribution in [2.24, 2.45) is 5.92 Å². The van der Waals surface area contributed by atoms with Gasteiger partial charge in [-0.15, -0.1) is 0 Å². The Kier molecular flexibility index (Phi) is 3.62. The lowest BCUT2D eigenvalue weighted by Crippen LogP contribution is -2.28. The smallest absolute Gasteiger partial charge is 0.203 e. The van der Waals surface area contributed by atoms with Crippen LogP contribution in [0.2, 0.25) is 0 Å². The Morgan fingerprint density at radius 1 is 1.67 bits per heavy atom. The first-order chi connectivity index (χ1) is 8.45. The molecule has 2 rings (SSSR count). The molecule has 4 atom stereocenters. The summed E-state index contributed by atoms with van der Waals surface area (Å²) in [7, 11) is 0. The SMILES string of the molecule is CC1[C@@H](O)[C@@H](CO)O[C@H]1n1cc(F)c(N)nc1=S. The highest BCUT2D eigenvalue weighted by Gasteiger charge is 2.41. The first kappa shape index (κ1) is 13.3. The number of nitrogens with zero attached hydrogens (tertiary/aromatic N) is 2. The molecule has 8 heteroatoms. The summed E-state index contributed by atoms with van der Waals surface area (Å²) in [5.74, 6) is -1.33. The fraction of sp³-hybridized carbons (Fsp3) is 0.600. The van der Waals surface area contributed by atoms with Crippen molar-refractivity contribution >= 4 is 18.0 Å². The predicted molar refractivity (Wildman–Crippen MR) is 63.6 cm³/mol. The van der Waals surface area contributed by atoms with Crippen molar-refractivity contribution in [3.63, 3.8) is 0 Å². The maximum absolute atomic E-state index is 13.4. The minimum Gasteiger partial charge on any atom is -0.394 e. The van der Waals surface area contributed by atoms with Gasteiger partial charge in [0.25, 0.3) is 0 Å². The average Bonchev–Trinajstić information content (AvgIpc) is 2.61. The Bertz CT molecular complexity index is 510. The molecule has 1 aromatic rings. The van der Waals surface area contributed by atoms with Crippen molar-refractivity contribution < 1.29 is 19.3 Å². The van der Waals surface area contributed by atoms with Gasteiger partial charge in [0.15, 0.2) is 11.6 Å². The molecule has 1 aliphatic heterocycles. The van der Waals surface area contributed by atoms with Gasteiger partial charge in [0.2, 0.25) is 4.77 Å². The summed E-state index contributed by atoms with van der Waals surface area (Å²) < 4.78 is 20.2. The molecule has 18 heavy (non-hydrogen) atoms. The first-order valence-electron chi connectivity index (χ1n) is 5.44. The van der Waals surface area contributed by atoms with Crippen LogP contribution < -0.4 is 5.73 Å². The molecule has 1 aromatic heterocycles. The van der Waals surface area contributed by atoms with Crippen molar-refractivity contribution in [1.82, 2.24) is 9.55 Å². The third-order valence-electron chi connectivity index (χ3n) is 3.07. The molecule has 0 amide bonds. The Morgan fingerprint density at radius 3 is 2.89 bits per heavy atom. The summed E-state index contributed by atoms with van der Waals surface area (Å²) in [6.07, 6.45) is -1.14. The molecule has 0 radical (unpaired) electrons. The molecule has 0 aromatic carbocycles. The Balaban J connectivity index is 2.39. The zero-order valence-corrected chi connectivity index (χ0v) is 10.5. The van der Waals surface area contributed by atoms with Crippen molar-refractivity contribution in [3.8, 4) is 0 Å². The van der Waals surface area contributed by atoms with Crippen LogP contribution in [0.1, 0.15) is 13.2 Å². The van der Waals surface area contributed by atoms with E-state index in [1.54, 1.807) is 6.92 Å². The molecule has 6 nitrogen and oxygen atoms in total. The van der Waals surface area contributed by atoms with E-state index < -0.39 is 24.3 Å². The predicted octanol–water partition coefficient (Wildman–Crippen LogP) is 0.221. The highest BCUT2D eigenvalue weighted by atomic mass is 32.1. The number of hydrogen-bond donors (Lipinski definition) is 3. The van der Waals surface area contributed by atoms with E-state index in [1.165, 1.54) is 4.57 Å². The van der Waals surface area contributed by atoms with Crippen LogP contribution in [0, 0.1) is 16.5 Å². The minimum atomic E-state index is -0.845. The highest BCUT2D eigenvalue weighted by molar-refractivity contribution is 7.71. The van der Waals surface area contributed by atoms with E-state index in [0.717, 1.165) is 6.20 Å². The Hall–Kier alpha value is -1.09. The van der Waals surface area contributed by atoms with Gasteiger partial charge >= 0.3 is 0 Å². The lowest BCUT2D eigenvalue weighted by Gasteiger charge is -2.19. The second-order valence-corrected chi connectivity index (χ2v) is 4.63. The summed E-state index contributed by atoms with van der Waals surface area (Å²) in [4.78, 5) is 3.68. The number of anilines is 1. The molecule has 2 heterocycles. The van der Waals surface area contributed by atoms with Crippen LogP contribution in [0.25, 0.3) is 0 Å². The molecule has 0 aliphatic carbocycles. The fourth-order valence-corrected chi connectivity index (χ4v) is 2.26. The Morgan fingerprint density at radius 2 is 2.33 bits per heavy atom. The maximum Gasteiger partial charge on any atom is 0.203 e. The normalized spacial score (nSPS) is 31.8. The van der Waals surface area contributed by atoms with E-state index in [2.05, 4.69) is 4.98 Å². The topological polar surface area (TPSA) is 93.5 Å². The zero-order chi connectivity index (χ0) is 13.4. The van der Waals surface area contributed by atoms with Crippen LogP contribution in [0.15, 0.2) is 6.20 Å². The third-order valence-corrected chi connectivity index (χ3v) is 3.37. The van der Waals surface area contributed by atoms with E-state index >= 15 is 0 Å². The molecule has 100 valence electrons. The quantitative estimate of drug-likeness (QED) is 0.669. The van der Waals surface area contributed by atoms with Crippen LogP contribution in [-0.4, -0.2) is 38.6 Å². The molecule has 0 spiro atoms. The number of nitrogens with two attached hydrogens (primary N) is 1. The van der Waals surface area contributed by atoms with Gasteiger partial charge in [0, 0.05) is 12.1 Å². The number of ether oxygens (including phenoxy) is 1. The fourth-order valence-electron chi connectivity index (χ4n) is 2.00. The third kappa shape index (κ3) is 2.12. The number of aromatic nitrogens is 2. The van der Waals surface area contributed by atoms with E-state index in [-0.39, 0.29) is 23.1 Å². The van der Waals surface area contributed by atoms with Crippen LogP contribution in [0.3, 0.4) is 0 Å². The minimum absolute atomic E-state index is 0.0662. The molecule has 0 bridgehead atoms. The van der Waals surface area contributed by atoms with Crippen molar-refractivity contribution in [2.75, 3.05) is 12.3 Å². The van der Waals surface area contributed by atoms with Gasteiger partial charge in [0.05, 0.1) is 12.7 Å². The average molecular weight is 275 g/mol. The lowest BCUT2D eigenvalue weighted by atomic mass is 10.0.